The topological polar surface area (TPSA) is 193 Å². The van der Waals surface area contributed by atoms with E-state index in [1.54, 1.807) is 24.3 Å². The Bertz CT molecular complexity index is 1520. The first kappa shape index (κ1) is 28.1. The predicted octanol–water partition coefficient (Wildman–Crippen LogP) is 0.786. The Hall–Kier alpha value is -4.42. The average molecular weight is 564 g/mol. The van der Waals surface area contributed by atoms with E-state index in [4.69, 9.17) is 10.5 Å². The molecule has 3 aliphatic carbocycles. The second kappa shape index (κ2) is 9.89. The number of Topliss-reactive ketones (excluding diaryl/α,β-unsaturated/α-hetero) is 4. The third-order valence-electron chi connectivity index (χ3n) is 8.41. The number of aromatic hydroxyl groups is 1. The summed E-state index contributed by atoms with van der Waals surface area (Å²) in [6, 6.07) is 8.12. The molecule has 0 spiro atoms. The van der Waals surface area contributed by atoms with Gasteiger partial charge in [-0.25, -0.2) is 4.79 Å². The lowest BCUT2D eigenvalue weighted by Crippen LogP contribution is -2.74. The number of nitrogens with two attached hydrogens (primary N) is 1. The molecule has 3 aliphatic rings. The number of anilines is 1. The van der Waals surface area contributed by atoms with E-state index in [1.165, 1.54) is 31.1 Å². The molecule has 0 aliphatic heterocycles. The van der Waals surface area contributed by atoms with E-state index in [0.29, 0.717) is 0 Å². The van der Waals surface area contributed by atoms with Crippen LogP contribution in [0.2, 0.25) is 0 Å². The number of aryl methyl sites for hydroxylation is 1. The maximum Gasteiger partial charge on any atom is 0.417 e. The molecule has 6 atom stereocenters. The quantitative estimate of drug-likeness (QED) is 0.305. The fourth-order valence-corrected chi connectivity index (χ4v) is 6.57. The fraction of sp³-hybridized carbons (Fsp3) is 0.379. The van der Waals surface area contributed by atoms with Crippen molar-refractivity contribution in [3.05, 3.63) is 53.1 Å². The number of amides is 2. The number of fused-ring (bicyclic) bond motifs is 3. The van der Waals surface area contributed by atoms with Crippen molar-refractivity contribution in [2.75, 3.05) is 19.4 Å². The number of nitrogens with zero attached hydrogens (tertiary/aromatic N) is 1. The molecule has 2 saturated carbocycles. The minimum Gasteiger partial charge on any atom is -0.507 e. The van der Waals surface area contributed by atoms with Crippen LogP contribution in [0.4, 0.5) is 10.5 Å². The van der Waals surface area contributed by atoms with E-state index in [2.05, 4.69) is 5.32 Å². The van der Waals surface area contributed by atoms with Gasteiger partial charge >= 0.3 is 6.09 Å². The highest BCUT2D eigenvalue weighted by Crippen LogP contribution is 2.51. The molecule has 0 aromatic heterocycles. The number of likely N-dealkylation sites (N-methyl/N-ethyl adjacent to an activating group) is 1. The Morgan fingerprint density at radius 2 is 1.71 bits per heavy atom. The van der Waals surface area contributed by atoms with Crippen molar-refractivity contribution in [2.24, 2.45) is 29.4 Å². The zero-order chi connectivity index (χ0) is 30.0. The van der Waals surface area contributed by atoms with Crippen molar-refractivity contribution in [2.45, 2.75) is 31.4 Å². The van der Waals surface area contributed by atoms with Gasteiger partial charge < -0.3 is 20.7 Å². The second-order valence-electron chi connectivity index (χ2n) is 11.1. The van der Waals surface area contributed by atoms with Gasteiger partial charge in [-0.05, 0) is 69.6 Å². The lowest BCUT2D eigenvalue weighted by molar-refractivity contribution is -0.181. The first-order valence-corrected chi connectivity index (χ1v) is 13.0. The van der Waals surface area contributed by atoms with Crippen LogP contribution >= 0.6 is 0 Å². The normalized spacial score (nSPS) is 29.0. The van der Waals surface area contributed by atoms with E-state index in [0.717, 1.165) is 5.56 Å². The summed E-state index contributed by atoms with van der Waals surface area (Å²) < 4.78 is 5.32. The predicted molar refractivity (Wildman–Crippen MR) is 142 cm³/mol. The van der Waals surface area contributed by atoms with Gasteiger partial charge in [0.05, 0.1) is 17.5 Å². The van der Waals surface area contributed by atoms with E-state index in [9.17, 15) is 39.0 Å². The summed E-state index contributed by atoms with van der Waals surface area (Å²) in [4.78, 5) is 80.3. The summed E-state index contributed by atoms with van der Waals surface area (Å²) in [6.07, 6.45) is -0.952. The van der Waals surface area contributed by atoms with E-state index in [-0.39, 0.29) is 35.4 Å². The lowest BCUT2D eigenvalue weighted by atomic mass is 9.52. The van der Waals surface area contributed by atoms with Crippen LogP contribution in [0, 0.1) is 30.6 Å². The summed E-state index contributed by atoms with van der Waals surface area (Å²) in [7, 11) is 3.02. The van der Waals surface area contributed by atoms with Gasteiger partial charge in [0.25, 0.3) is 0 Å². The molecule has 2 unspecified atom stereocenters. The fourth-order valence-electron chi connectivity index (χ4n) is 6.57. The van der Waals surface area contributed by atoms with Gasteiger partial charge in [0, 0.05) is 11.6 Å². The van der Waals surface area contributed by atoms with Crippen LogP contribution in [0.15, 0.2) is 36.4 Å². The number of carbonyl (C=O) groups is 6. The third kappa shape index (κ3) is 4.30. The van der Waals surface area contributed by atoms with E-state index < -0.39 is 76.2 Å². The Kier molecular flexibility index (Phi) is 6.79. The van der Waals surface area contributed by atoms with Crippen LogP contribution < -0.4 is 15.8 Å². The zero-order valence-electron chi connectivity index (χ0n) is 22.5. The zero-order valence-corrected chi connectivity index (χ0v) is 22.5. The molecule has 5 N–H and O–H groups in total. The monoisotopic (exact) mass is 563 g/mol. The largest absolute Gasteiger partial charge is 0.507 e. The molecule has 41 heavy (non-hydrogen) atoms. The number of nitrogens with one attached hydrogen (secondary N) is 1. The number of phenols is 1. The summed E-state index contributed by atoms with van der Waals surface area (Å²) in [5.74, 6) is -11.2. The Morgan fingerprint density at radius 1 is 1.05 bits per heavy atom. The average Bonchev–Trinajstić information content (AvgIpc) is 2.89. The summed E-state index contributed by atoms with van der Waals surface area (Å²) in [5.41, 5.74) is 3.68. The number of hydrogen-bond donors (Lipinski definition) is 4. The SMILES string of the molecule is Cc1ccc(OC(=O)Nc2ccc(O)c3c2C[C@H]2C[C@H]4[C@H](N(C)C)C(=O)C(C(N)=O)C(=O)[C@@]4(O)C(=O)C2C3=O)cc1. The highest BCUT2D eigenvalue weighted by Gasteiger charge is 2.69. The first-order chi connectivity index (χ1) is 19.3. The number of ether oxygens (including phenoxy) is 1. The number of phenolic OH excluding ortho intramolecular Hbond substituents is 1. The summed E-state index contributed by atoms with van der Waals surface area (Å²) >= 11 is 0. The van der Waals surface area contributed by atoms with Crippen molar-refractivity contribution in [1.82, 2.24) is 4.90 Å². The van der Waals surface area contributed by atoms with E-state index in [1.807, 2.05) is 6.92 Å². The molecule has 214 valence electrons. The minimum atomic E-state index is -2.81. The Balaban J connectivity index is 1.52. The van der Waals surface area contributed by atoms with Crippen LogP contribution in [-0.4, -0.2) is 76.0 Å². The van der Waals surface area contributed by atoms with Gasteiger partial charge in [0.1, 0.15) is 11.5 Å². The molecule has 2 fully saturated rings. The van der Waals surface area contributed by atoms with Gasteiger partial charge in [-0.2, -0.15) is 0 Å². The number of hydrogen-bond acceptors (Lipinski definition) is 10. The van der Waals surface area contributed by atoms with E-state index >= 15 is 0 Å². The van der Waals surface area contributed by atoms with Gasteiger partial charge in [-0.15, -0.1) is 0 Å². The van der Waals surface area contributed by atoms with Crippen LogP contribution in [-0.2, 0) is 25.6 Å². The highest BCUT2D eigenvalue weighted by molar-refractivity contribution is 6.32. The first-order valence-electron chi connectivity index (χ1n) is 13.0. The highest BCUT2D eigenvalue weighted by atomic mass is 16.6. The van der Waals surface area contributed by atoms with Crippen molar-refractivity contribution in [3.63, 3.8) is 0 Å². The van der Waals surface area contributed by atoms with Crippen LogP contribution in [0.5, 0.6) is 11.5 Å². The molecule has 0 saturated heterocycles. The van der Waals surface area contributed by atoms with Crippen molar-refractivity contribution in [1.29, 1.82) is 0 Å². The van der Waals surface area contributed by atoms with Crippen molar-refractivity contribution in [3.8, 4) is 11.5 Å². The smallest absolute Gasteiger partial charge is 0.417 e. The summed E-state index contributed by atoms with van der Waals surface area (Å²) in [5, 5.41) is 24.8. The van der Waals surface area contributed by atoms with Crippen LogP contribution in [0.25, 0.3) is 0 Å². The van der Waals surface area contributed by atoms with Crippen LogP contribution in [0.3, 0.4) is 0 Å². The molecule has 12 heteroatoms. The Morgan fingerprint density at radius 3 is 2.32 bits per heavy atom. The number of primary amides is 1. The Labute approximate surface area is 234 Å². The number of rotatable bonds is 4. The molecular weight excluding hydrogens is 534 g/mol. The molecule has 2 aromatic rings. The number of aliphatic hydroxyl groups is 1. The van der Waals surface area contributed by atoms with Gasteiger partial charge in [0.15, 0.2) is 34.7 Å². The maximum atomic E-state index is 13.8. The second-order valence-corrected chi connectivity index (χ2v) is 11.1. The minimum absolute atomic E-state index is 0.000380. The molecule has 0 bridgehead atoms. The van der Waals surface area contributed by atoms with Gasteiger partial charge in [-0.1, -0.05) is 17.7 Å². The third-order valence-corrected chi connectivity index (χ3v) is 8.41. The standard InChI is InChI=1S/C29H29N3O9/c1-12-4-6-14(7-5-12)41-28(39)31-17-8-9-18(33)20-15(17)10-13-11-16-22(32(2)3)24(35)21(27(30)38)26(37)29(16,40)25(36)19(13)23(20)34/h4-9,13,16,19,21-22,33,40H,10-11H2,1-3H3,(H2,30,38)(H,31,39)/t13-,16-,19?,21?,22-,29-/m0/s1. The molecule has 2 amide bonds. The number of carbonyl (C=O) groups excluding carboxylic acids is 6. The number of ketones is 4. The van der Waals surface area contributed by atoms with Crippen molar-refractivity contribution >= 4 is 40.8 Å². The molecule has 0 heterocycles. The van der Waals surface area contributed by atoms with Crippen molar-refractivity contribution < 1.29 is 43.7 Å². The molecule has 2 aromatic carbocycles. The molecule has 12 nitrogen and oxygen atoms in total. The van der Waals surface area contributed by atoms with Crippen LogP contribution in [0.1, 0.15) is 27.9 Å². The molecular formula is C29H29N3O9. The molecule has 0 radical (unpaired) electrons. The van der Waals surface area contributed by atoms with Gasteiger partial charge in [0.2, 0.25) is 5.91 Å². The summed E-state index contributed by atoms with van der Waals surface area (Å²) in [6.45, 7) is 1.88. The van der Waals surface area contributed by atoms with Gasteiger partial charge in [-0.3, -0.25) is 34.2 Å². The molecule has 5 rings (SSSR count). The number of benzene rings is 2. The lowest BCUT2D eigenvalue weighted by Gasteiger charge is -2.52. The maximum absolute atomic E-state index is 13.8.